The molecule has 7 nitrogen and oxygen atoms in total. The highest BCUT2D eigenvalue weighted by Crippen LogP contribution is 2.28. The van der Waals surface area contributed by atoms with Crippen molar-refractivity contribution in [1.82, 2.24) is 0 Å². The molecule has 2 amide bonds. The third-order valence-corrected chi connectivity index (χ3v) is 3.09. The lowest BCUT2D eigenvalue weighted by Crippen LogP contribution is -2.52. The van der Waals surface area contributed by atoms with Crippen molar-refractivity contribution in [2.24, 2.45) is 0 Å². The van der Waals surface area contributed by atoms with Crippen LogP contribution >= 0.6 is 0 Å². The van der Waals surface area contributed by atoms with Crippen LogP contribution in [0.5, 0.6) is 0 Å². The summed E-state index contributed by atoms with van der Waals surface area (Å²) in [6.45, 7) is 0. The second-order valence-corrected chi connectivity index (χ2v) is 4.99. The first-order valence-corrected chi connectivity index (χ1v) is 6.07. The predicted octanol–water partition coefficient (Wildman–Crippen LogP) is -0.311. The van der Waals surface area contributed by atoms with Crippen LogP contribution in [0, 0.1) is 0 Å². The third-order valence-electron chi connectivity index (χ3n) is 2.40. The number of imide groups is 1. The molecule has 0 fully saturated rings. The lowest BCUT2D eigenvalue weighted by Gasteiger charge is -2.20. The van der Waals surface area contributed by atoms with Gasteiger partial charge in [-0.15, -0.1) is 0 Å². The molecule has 0 aliphatic carbocycles. The van der Waals surface area contributed by atoms with Crippen LogP contribution in [0.25, 0.3) is 0 Å². The average molecular weight is 257 g/mol. The highest BCUT2D eigenvalue weighted by molar-refractivity contribution is 7.85. The van der Waals surface area contributed by atoms with Crippen LogP contribution in [0.4, 0.5) is 0 Å². The van der Waals surface area contributed by atoms with Gasteiger partial charge in [0, 0.05) is 0 Å². The van der Waals surface area contributed by atoms with Gasteiger partial charge in [0.2, 0.25) is 5.88 Å². The molecule has 2 rings (SSSR count). The Kier molecular flexibility index (Phi) is 2.40. The number of benzene rings is 1. The number of amides is 2. The van der Waals surface area contributed by atoms with Crippen LogP contribution in [0.2, 0.25) is 0 Å². The fraction of sp³-hybridized carbons (Fsp3) is 0.111. The number of rotatable bonds is 2. The van der Waals surface area contributed by atoms with E-state index in [4.69, 9.17) is 0 Å². The van der Waals surface area contributed by atoms with Gasteiger partial charge in [-0.05, 0) is 16.8 Å². The van der Waals surface area contributed by atoms with E-state index >= 15 is 0 Å². The number of hydrogen-bond donors (Lipinski definition) is 1. The van der Waals surface area contributed by atoms with Gasteiger partial charge in [-0.2, -0.15) is 5.21 Å². The molecule has 90 valence electrons. The minimum atomic E-state index is -4.92. The predicted molar refractivity (Wildman–Crippen MR) is 51.7 cm³/mol. The van der Waals surface area contributed by atoms with E-state index in [1.165, 1.54) is 24.3 Å². The van der Waals surface area contributed by atoms with Crippen molar-refractivity contribution >= 4 is 21.9 Å². The Morgan fingerprint density at radius 3 is 1.88 bits per heavy atom. The number of fused-ring (bicyclic) bond motifs is 1. The van der Waals surface area contributed by atoms with E-state index < -0.39 is 32.5 Å². The molecule has 1 aromatic rings. The first kappa shape index (κ1) is 11.9. The van der Waals surface area contributed by atoms with E-state index in [0.29, 0.717) is 0 Å². The summed E-state index contributed by atoms with van der Waals surface area (Å²) in [5, 5.41) is 9.74. The highest BCUT2D eigenvalue weighted by atomic mass is 32.2. The highest BCUT2D eigenvalue weighted by Gasteiger charge is 2.55. The van der Waals surface area contributed by atoms with E-state index in [2.05, 4.69) is 0 Å². The molecule has 0 saturated heterocycles. The fourth-order valence-corrected chi connectivity index (χ4v) is 2.39. The van der Waals surface area contributed by atoms with Crippen molar-refractivity contribution in [3.8, 4) is 0 Å². The summed E-state index contributed by atoms with van der Waals surface area (Å²) in [6.07, 6.45) is 0. The molecular weight excluding hydrogens is 250 g/mol. The van der Waals surface area contributed by atoms with Gasteiger partial charge in [0.25, 0.3) is 0 Å². The second kappa shape index (κ2) is 3.44. The second-order valence-electron chi connectivity index (χ2n) is 3.61. The van der Waals surface area contributed by atoms with Crippen molar-refractivity contribution in [1.29, 1.82) is 0 Å². The maximum absolute atomic E-state index is 11.7. The molecular formula is C9H7NO6S. The zero-order valence-corrected chi connectivity index (χ0v) is 9.18. The average Bonchev–Trinajstić information content (AvgIpc) is 2.40. The Bertz CT molecular complexity index is 585. The van der Waals surface area contributed by atoms with Gasteiger partial charge in [0.05, 0.1) is 11.1 Å². The van der Waals surface area contributed by atoms with Gasteiger partial charge >= 0.3 is 11.8 Å². The summed E-state index contributed by atoms with van der Waals surface area (Å²) in [5.41, 5.74) is -0.188. The van der Waals surface area contributed by atoms with Gasteiger partial charge in [0.15, 0.2) is 10.1 Å². The number of quaternary nitrogens is 1. The van der Waals surface area contributed by atoms with Crippen LogP contribution in [0.15, 0.2) is 24.3 Å². The number of hydroxylamine groups is 3. The zero-order valence-electron chi connectivity index (χ0n) is 8.36. The monoisotopic (exact) mass is 257 g/mol. The summed E-state index contributed by atoms with van der Waals surface area (Å²) in [5.74, 6) is -3.71. The van der Waals surface area contributed by atoms with E-state index in [-0.39, 0.29) is 11.1 Å². The molecule has 17 heavy (non-hydrogen) atoms. The van der Waals surface area contributed by atoms with Crippen molar-refractivity contribution in [2.75, 3.05) is 5.88 Å². The minimum absolute atomic E-state index is 0.0938. The normalized spacial score (nSPS) is 18.2. The lowest BCUT2D eigenvalue weighted by molar-refractivity contribution is -0.955. The van der Waals surface area contributed by atoms with Crippen molar-refractivity contribution in [3.05, 3.63) is 35.4 Å². The van der Waals surface area contributed by atoms with Crippen LogP contribution in [-0.2, 0) is 10.1 Å². The first-order valence-electron chi connectivity index (χ1n) is 4.49. The quantitative estimate of drug-likeness (QED) is 0.336. The molecule has 0 spiro atoms. The van der Waals surface area contributed by atoms with Gasteiger partial charge in [-0.3, -0.25) is 0 Å². The standard InChI is InChI=1S/C9H7NO6S/c11-8-6-3-1-2-4-7(6)9(12)10(8,13)5-17(14,15)16/h1-4,13H,5H2. The Morgan fingerprint density at radius 2 is 1.53 bits per heavy atom. The molecule has 0 radical (unpaired) electrons. The van der Waals surface area contributed by atoms with Gasteiger partial charge in [-0.1, -0.05) is 12.1 Å². The number of hydrogen-bond acceptors (Lipinski definition) is 6. The number of nitrogens with zero attached hydrogens (tertiary/aromatic N) is 1. The molecule has 0 atom stereocenters. The Balaban J connectivity index is 2.56. The van der Waals surface area contributed by atoms with Crippen molar-refractivity contribution in [2.45, 2.75) is 0 Å². The Labute approximate surface area is 96.2 Å². The van der Waals surface area contributed by atoms with E-state index in [0.717, 1.165) is 0 Å². The molecule has 0 bridgehead atoms. The maximum atomic E-state index is 11.7. The molecule has 1 aliphatic heterocycles. The summed E-state index contributed by atoms with van der Waals surface area (Å²) < 4.78 is 29.8. The largest absolute Gasteiger partial charge is 0.744 e. The SMILES string of the molecule is O=C1c2ccccc2C(=O)[N+]1(O)CS(=O)(=O)[O-]. The van der Waals surface area contributed by atoms with Crippen LogP contribution in [0.1, 0.15) is 20.7 Å². The molecule has 0 saturated carbocycles. The molecule has 8 heteroatoms. The van der Waals surface area contributed by atoms with E-state index in [9.17, 15) is 27.8 Å². The van der Waals surface area contributed by atoms with E-state index in [1.54, 1.807) is 0 Å². The summed E-state index contributed by atoms with van der Waals surface area (Å²) in [7, 11) is -4.92. The maximum Gasteiger partial charge on any atom is 0.387 e. The van der Waals surface area contributed by atoms with Gasteiger partial charge in [-0.25, -0.2) is 18.0 Å². The summed E-state index contributed by atoms with van der Waals surface area (Å²) >= 11 is 0. The first-order chi connectivity index (χ1) is 7.76. The number of carbonyl (C=O) groups excluding carboxylic acids is 2. The van der Waals surface area contributed by atoms with Gasteiger partial charge in [0.1, 0.15) is 0 Å². The molecule has 0 aromatic heterocycles. The lowest BCUT2D eigenvalue weighted by atomic mass is 10.1. The third kappa shape index (κ3) is 1.76. The topological polar surface area (TPSA) is 112 Å². The molecule has 1 aromatic carbocycles. The molecule has 1 heterocycles. The van der Waals surface area contributed by atoms with Crippen molar-refractivity contribution < 1.29 is 32.4 Å². The van der Waals surface area contributed by atoms with Crippen LogP contribution in [0.3, 0.4) is 0 Å². The van der Waals surface area contributed by atoms with E-state index in [1.807, 2.05) is 0 Å². The minimum Gasteiger partial charge on any atom is -0.744 e. The Hall–Kier alpha value is -1.61. The molecule has 1 N–H and O–H groups in total. The molecule has 1 aliphatic rings. The van der Waals surface area contributed by atoms with Crippen LogP contribution < -0.4 is 0 Å². The smallest absolute Gasteiger partial charge is 0.387 e. The van der Waals surface area contributed by atoms with Crippen LogP contribution in [-0.4, -0.2) is 40.5 Å². The summed E-state index contributed by atoms with van der Waals surface area (Å²) in [6, 6.07) is 5.49. The van der Waals surface area contributed by atoms with Gasteiger partial charge < -0.3 is 4.55 Å². The Morgan fingerprint density at radius 1 is 1.12 bits per heavy atom. The summed E-state index contributed by atoms with van der Waals surface area (Å²) in [4.78, 5) is 23.4. The molecule has 0 unspecified atom stereocenters. The zero-order chi connectivity index (χ0) is 12.8. The number of carbonyl (C=O) groups is 2. The van der Waals surface area contributed by atoms with Crippen molar-refractivity contribution in [3.63, 3.8) is 0 Å². The fourth-order valence-electron chi connectivity index (χ4n) is 1.69.